The van der Waals surface area contributed by atoms with E-state index in [9.17, 15) is 5.26 Å². The van der Waals surface area contributed by atoms with Crippen LogP contribution in [0.3, 0.4) is 0 Å². The highest BCUT2D eigenvalue weighted by Gasteiger charge is 2.28. The fraction of sp³-hybridized carbons (Fsp3) is 0.0667. The molecule has 0 radical (unpaired) electrons. The molecule has 0 aliphatic carbocycles. The van der Waals surface area contributed by atoms with Crippen LogP contribution in [0.1, 0.15) is 5.69 Å². The predicted octanol–water partition coefficient (Wildman–Crippen LogP) is 2.24. The number of hydrogen-bond donors (Lipinski definition) is 1. The number of nitrogens with zero attached hydrogens (tertiary/aromatic N) is 3. The number of allylic oxidation sites excluding steroid dienone is 1. The van der Waals surface area contributed by atoms with Gasteiger partial charge in [0.1, 0.15) is 23.2 Å². The average molecular weight is 248 g/mol. The van der Waals surface area contributed by atoms with E-state index in [0.717, 1.165) is 17.0 Å². The van der Waals surface area contributed by atoms with Gasteiger partial charge in [-0.1, -0.05) is 30.3 Å². The van der Waals surface area contributed by atoms with E-state index >= 15 is 0 Å². The van der Waals surface area contributed by atoms with Crippen molar-refractivity contribution in [3.05, 3.63) is 53.7 Å². The second-order valence-corrected chi connectivity index (χ2v) is 4.25. The maximum absolute atomic E-state index is 9.21. The van der Waals surface area contributed by atoms with Crippen LogP contribution in [-0.2, 0) is 0 Å². The lowest BCUT2D eigenvalue weighted by Gasteiger charge is -2.07. The summed E-state index contributed by atoms with van der Waals surface area (Å²) >= 11 is 0. The van der Waals surface area contributed by atoms with Crippen molar-refractivity contribution in [3.63, 3.8) is 0 Å². The minimum Gasteiger partial charge on any atom is -0.384 e. The molecule has 2 aromatic rings. The molecule has 0 fully saturated rings. The van der Waals surface area contributed by atoms with Gasteiger partial charge in [-0.2, -0.15) is 5.26 Å². The lowest BCUT2D eigenvalue weighted by molar-refractivity contribution is 1.09. The molecule has 1 aromatic heterocycles. The number of nitriles is 1. The summed E-state index contributed by atoms with van der Waals surface area (Å²) in [5, 5.41) is 9.21. The molecule has 0 saturated heterocycles. The summed E-state index contributed by atoms with van der Waals surface area (Å²) in [4.78, 5) is 4.17. The molecule has 0 spiro atoms. The third-order valence-electron chi connectivity index (χ3n) is 3.26. The standard InChI is InChI=1S/C15H12N4/c1-18-14-11(9-16)15(17)19-12(7-8-13(14)19)10-5-3-2-4-6-10/h2-8H,17H2,1H3. The normalized spacial score (nSPS) is 15.7. The Kier molecular flexibility index (Phi) is 2.46. The van der Waals surface area contributed by atoms with Crippen LogP contribution < -0.4 is 5.73 Å². The molecule has 4 nitrogen and oxygen atoms in total. The lowest BCUT2D eigenvalue weighted by atomic mass is 10.1. The maximum atomic E-state index is 9.21. The van der Waals surface area contributed by atoms with Crippen LogP contribution in [0, 0.1) is 11.3 Å². The van der Waals surface area contributed by atoms with E-state index in [-0.39, 0.29) is 0 Å². The van der Waals surface area contributed by atoms with Crippen LogP contribution in [0.4, 0.5) is 0 Å². The van der Waals surface area contributed by atoms with Gasteiger partial charge >= 0.3 is 0 Å². The monoisotopic (exact) mass is 248 g/mol. The molecule has 0 bridgehead atoms. The Balaban J connectivity index is 2.27. The Labute approximate surface area is 111 Å². The number of benzene rings is 1. The van der Waals surface area contributed by atoms with Gasteiger partial charge in [-0.25, -0.2) is 0 Å². The van der Waals surface area contributed by atoms with Crippen molar-refractivity contribution in [1.82, 2.24) is 4.57 Å². The molecule has 2 heterocycles. The van der Waals surface area contributed by atoms with Crippen LogP contribution in [0.15, 0.2) is 53.0 Å². The maximum Gasteiger partial charge on any atom is 0.128 e. The third kappa shape index (κ3) is 1.49. The zero-order valence-corrected chi connectivity index (χ0v) is 10.5. The molecule has 0 atom stereocenters. The largest absolute Gasteiger partial charge is 0.384 e. The van der Waals surface area contributed by atoms with Gasteiger partial charge in [-0.05, 0) is 17.7 Å². The first-order chi connectivity index (χ1) is 9.27. The number of hydrogen-bond acceptors (Lipinski definition) is 3. The molecular formula is C15H12N4. The fourth-order valence-electron chi connectivity index (χ4n) is 2.41. The zero-order chi connectivity index (χ0) is 13.4. The van der Waals surface area contributed by atoms with E-state index in [4.69, 9.17) is 5.73 Å². The molecule has 0 saturated carbocycles. The highest BCUT2D eigenvalue weighted by atomic mass is 15.1. The van der Waals surface area contributed by atoms with Crippen molar-refractivity contribution in [2.24, 2.45) is 10.7 Å². The van der Waals surface area contributed by atoms with Gasteiger partial charge in [-0.3, -0.25) is 9.56 Å². The lowest BCUT2D eigenvalue weighted by Crippen LogP contribution is -2.06. The molecular weight excluding hydrogens is 236 g/mol. The summed E-state index contributed by atoms with van der Waals surface area (Å²) in [5.74, 6) is 0.446. The van der Waals surface area contributed by atoms with E-state index in [1.807, 2.05) is 47.0 Å². The van der Waals surface area contributed by atoms with Crippen LogP contribution in [0.5, 0.6) is 0 Å². The summed E-state index contributed by atoms with van der Waals surface area (Å²) in [6.45, 7) is 0. The van der Waals surface area contributed by atoms with Crippen molar-refractivity contribution in [2.45, 2.75) is 0 Å². The van der Waals surface area contributed by atoms with Crippen molar-refractivity contribution in [2.75, 3.05) is 7.05 Å². The van der Waals surface area contributed by atoms with Crippen LogP contribution in [0.2, 0.25) is 0 Å². The Morgan fingerprint density at radius 2 is 1.79 bits per heavy atom. The SMILES string of the molecule is CN=C1C(C#N)=C(N)n2c1ccc2-c1ccccc1. The second kappa shape index (κ2) is 4.14. The van der Waals surface area contributed by atoms with E-state index in [0.29, 0.717) is 17.1 Å². The number of aliphatic imine (C=N–C) groups is 1. The van der Waals surface area contributed by atoms with E-state index in [1.165, 1.54) is 0 Å². The second-order valence-electron chi connectivity index (χ2n) is 4.25. The zero-order valence-electron chi connectivity index (χ0n) is 10.5. The summed E-state index contributed by atoms with van der Waals surface area (Å²) in [7, 11) is 1.67. The highest BCUT2D eigenvalue weighted by Crippen LogP contribution is 2.31. The Morgan fingerprint density at radius 1 is 1.11 bits per heavy atom. The smallest absolute Gasteiger partial charge is 0.128 e. The van der Waals surface area contributed by atoms with Gasteiger partial charge < -0.3 is 5.73 Å². The summed E-state index contributed by atoms with van der Waals surface area (Å²) < 4.78 is 1.89. The fourth-order valence-corrected chi connectivity index (χ4v) is 2.41. The van der Waals surface area contributed by atoms with Gasteiger partial charge in [-0.15, -0.1) is 0 Å². The Bertz CT molecular complexity index is 742. The minimum atomic E-state index is 0.440. The molecule has 3 rings (SSSR count). The molecule has 0 amide bonds. The first-order valence-electron chi connectivity index (χ1n) is 5.93. The molecule has 4 heteroatoms. The molecule has 0 unspecified atom stereocenters. The van der Waals surface area contributed by atoms with Gasteiger partial charge in [0.15, 0.2) is 0 Å². The molecule has 19 heavy (non-hydrogen) atoms. The minimum absolute atomic E-state index is 0.440. The molecule has 92 valence electrons. The predicted molar refractivity (Wildman–Crippen MR) is 75.3 cm³/mol. The van der Waals surface area contributed by atoms with Crippen molar-refractivity contribution >= 4 is 11.5 Å². The molecule has 1 aromatic carbocycles. The van der Waals surface area contributed by atoms with Crippen molar-refractivity contribution in [3.8, 4) is 17.3 Å². The molecule has 1 aliphatic heterocycles. The number of aromatic nitrogens is 1. The van der Waals surface area contributed by atoms with Crippen LogP contribution in [0.25, 0.3) is 17.1 Å². The van der Waals surface area contributed by atoms with E-state index in [1.54, 1.807) is 7.05 Å². The van der Waals surface area contributed by atoms with E-state index < -0.39 is 0 Å². The Hall–Kier alpha value is -2.80. The topological polar surface area (TPSA) is 67.1 Å². The average Bonchev–Trinajstić information content (AvgIpc) is 2.99. The number of nitrogens with two attached hydrogens (primary N) is 1. The first kappa shape index (κ1) is 11.3. The van der Waals surface area contributed by atoms with Crippen LogP contribution in [-0.4, -0.2) is 17.3 Å². The Morgan fingerprint density at radius 3 is 2.42 bits per heavy atom. The molecule has 1 aliphatic rings. The van der Waals surface area contributed by atoms with Crippen molar-refractivity contribution in [1.29, 1.82) is 5.26 Å². The first-order valence-corrected chi connectivity index (χ1v) is 5.93. The summed E-state index contributed by atoms with van der Waals surface area (Å²) in [6.07, 6.45) is 0. The van der Waals surface area contributed by atoms with E-state index in [2.05, 4.69) is 11.1 Å². The quantitative estimate of drug-likeness (QED) is 0.841. The van der Waals surface area contributed by atoms with Crippen molar-refractivity contribution < 1.29 is 0 Å². The van der Waals surface area contributed by atoms with Gasteiger partial charge in [0.25, 0.3) is 0 Å². The highest BCUT2D eigenvalue weighted by molar-refractivity contribution is 6.21. The third-order valence-corrected chi connectivity index (χ3v) is 3.26. The number of fused-ring (bicyclic) bond motifs is 1. The van der Waals surface area contributed by atoms with Crippen LogP contribution >= 0.6 is 0 Å². The van der Waals surface area contributed by atoms with Gasteiger partial charge in [0, 0.05) is 7.05 Å². The van der Waals surface area contributed by atoms with Gasteiger partial charge in [0.05, 0.1) is 11.4 Å². The summed E-state index contributed by atoms with van der Waals surface area (Å²) in [5.41, 5.74) is 10.1. The number of rotatable bonds is 1. The summed E-state index contributed by atoms with van der Waals surface area (Å²) in [6, 6.07) is 16.0. The molecule has 2 N–H and O–H groups in total. The van der Waals surface area contributed by atoms with Gasteiger partial charge in [0.2, 0.25) is 0 Å².